The molecule has 0 saturated carbocycles. The Morgan fingerprint density at radius 3 is 2.55 bits per heavy atom. The molecular formula is C16H12Cl2N2OS. The van der Waals surface area contributed by atoms with Crippen LogP contribution in [0.15, 0.2) is 30.3 Å². The molecule has 1 N–H and O–H groups in total. The second-order valence-electron chi connectivity index (χ2n) is 4.97. The number of thiazole rings is 1. The number of fused-ring (bicyclic) bond motifs is 1. The zero-order chi connectivity index (χ0) is 15.9. The summed E-state index contributed by atoms with van der Waals surface area (Å²) in [6, 6.07) is 8.86. The van der Waals surface area contributed by atoms with Crippen LogP contribution in [0.1, 0.15) is 21.5 Å². The molecule has 0 fully saturated rings. The van der Waals surface area contributed by atoms with Crippen molar-refractivity contribution >= 4 is 55.8 Å². The van der Waals surface area contributed by atoms with E-state index in [1.54, 1.807) is 18.2 Å². The lowest BCUT2D eigenvalue weighted by molar-refractivity contribution is 0.102. The predicted molar refractivity (Wildman–Crippen MR) is 93.5 cm³/mol. The van der Waals surface area contributed by atoms with E-state index in [-0.39, 0.29) is 5.91 Å². The van der Waals surface area contributed by atoms with Crippen molar-refractivity contribution in [2.75, 3.05) is 5.32 Å². The average molecular weight is 351 g/mol. The van der Waals surface area contributed by atoms with E-state index < -0.39 is 0 Å². The Bertz CT molecular complexity index is 850. The van der Waals surface area contributed by atoms with Crippen LogP contribution in [0.2, 0.25) is 10.0 Å². The summed E-state index contributed by atoms with van der Waals surface area (Å²) in [7, 11) is 0. The summed E-state index contributed by atoms with van der Waals surface area (Å²) >= 11 is 13.4. The maximum atomic E-state index is 12.3. The summed E-state index contributed by atoms with van der Waals surface area (Å²) in [5.41, 5.74) is 3.52. The second-order valence-corrected chi connectivity index (χ2v) is 6.82. The molecule has 0 aliphatic rings. The Morgan fingerprint density at radius 2 is 1.86 bits per heavy atom. The highest BCUT2D eigenvalue weighted by Crippen LogP contribution is 2.31. The van der Waals surface area contributed by atoms with Gasteiger partial charge >= 0.3 is 0 Å². The minimum absolute atomic E-state index is 0.295. The Balaban J connectivity index is 1.94. The molecule has 0 radical (unpaired) electrons. The normalized spacial score (nSPS) is 10.9. The fourth-order valence-corrected chi connectivity index (χ4v) is 3.65. The van der Waals surface area contributed by atoms with E-state index in [2.05, 4.69) is 16.4 Å². The van der Waals surface area contributed by atoms with Crippen LogP contribution in [0.5, 0.6) is 0 Å². The van der Waals surface area contributed by atoms with Crippen molar-refractivity contribution in [3.63, 3.8) is 0 Å². The molecular weight excluding hydrogens is 339 g/mol. The van der Waals surface area contributed by atoms with E-state index in [0.29, 0.717) is 20.7 Å². The van der Waals surface area contributed by atoms with E-state index in [1.165, 1.54) is 11.3 Å². The molecule has 112 valence electrons. The molecule has 0 saturated heterocycles. The summed E-state index contributed by atoms with van der Waals surface area (Å²) < 4.78 is 1.08. The molecule has 0 bridgehead atoms. The molecule has 0 unspecified atom stereocenters. The lowest BCUT2D eigenvalue weighted by Gasteiger charge is -2.04. The molecule has 0 atom stereocenters. The first kappa shape index (κ1) is 15.3. The lowest BCUT2D eigenvalue weighted by Crippen LogP contribution is -2.12. The number of benzene rings is 2. The summed E-state index contributed by atoms with van der Waals surface area (Å²) in [5.74, 6) is -0.295. The van der Waals surface area contributed by atoms with Crippen molar-refractivity contribution < 1.29 is 4.79 Å². The van der Waals surface area contributed by atoms with Gasteiger partial charge in [0.15, 0.2) is 5.13 Å². The van der Waals surface area contributed by atoms with Crippen LogP contribution in [0.25, 0.3) is 10.2 Å². The number of aryl methyl sites for hydroxylation is 2. The third kappa shape index (κ3) is 2.82. The number of amides is 1. The number of nitrogens with one attached hydrogen (secondary N) is 1. The third-order valence-electron chi connectivity index (χ3n) is 3.34. The van der Waals surface area contributed by atoms with Gasteiger partial charge in [-0.3, -0.25) is 10.1 Å². The number of carbonyl (C=O) groups is 1. The van der Waals surface area contributed by atoms with Gasteiger partial charge < -0.3 is 0 Å². The van der Waals surface area contributed by atoms with Crippen LogP contribution in [0.3, 0.4) is 0 Å². The number of hydrogen-bond acceptors (Lipinski definition) is 3. The molecule has 0 spiro atoms. The van der Waals surface area contributed by atoms with Crippen molar-refractivity contribution in [1.29, 1.82) is 0 Å². The summed E-state index contributed by atoms with van der Waals surface area (Å²) in [6.07, 6.45) is 0. The van der Waals surface area contributed by atoms with E-state index in [9.17, 15) is 4.79 Å². The van der Waals surface area contributed by atoms with Gasteiger partial charge in [0.2, 0.25) is 0 Å². The minimum atomic E-state index is -0.295. The molecule has 1 heterocycles. The highest BCUT2D eigenvalue weighted by molar-refractivity contribution is 7.22. The van der Waals surface area contributed by atoms with Gasteiger partial charge in [-0.1, -0.05) is 46.7 Å². The molecule has 2 aromatic carbocycles. The summed E-state index contributed by atoms with van der Waals surface area (Å²) in [4.78, 5) is 16.8. The first-order valence-electron chi connectivity index (χ1n) is 6.59. The van der Waals surface area contributed by atoms with Crippen LogP contribution in [0, 0.1) is 13.8 Å². The first-order chi connectivity index (χ1) is 10.5. The fraction of sp³-hybridized carbons (Fsp3) is 0.125. The van der Waals surface area contributed by atoms with Crippen molar-refractivity contribution in [1.82, 2.24) is 4.98 Å². The lowest BCUT2D eigenvalue weighted by atomic mass is 10.1. The average Bonchev–Trinajstić information content (AvgIpc) is 2.88. The number of aromatic nitrogens is 1. The van der Waals surface area contributed by atoms with Gasteiger partial charge in [0, 0.05) is 5.02 Å². The van der Waals surface area contributed by atoms with Crippen LogP contribution in [0.4, 0.5) is 5.13 Å². The van der Waals surface area contributed by atoms with Gasteiger partial charge in [0.25, 0.3) is 5.91 Å². The van der Waals surface area contributed by atoms with Crippen LogP contribution in [-0.4, -0.2) is 10.9 Å². The quantitative estimate of drug-likeness (QED) is 0.665. The van der Waals surface area contributed by atoms with Crippen molar-refractivity contribution in [2.24, 2.45) is 0 Å². The molecule has 0 aliphatic heterocycles. The Kier molecular flexibility index (Phi) is 4.08. The van der Waals surface area contributed by atoms with Crippen molar-refractivity contribution in [3.05, 3.63) is 57.1 Å². The molecule has 3 nitrogen and oxygen atoms in total. The smallest absolute Gasteiger partial charge is 0.258 e. The predicted octanol–water partition coefficient (Wildman–Crippen LogP) is 5.47. The molecule has 22 heavy (non-hydrogen) atoms. The monoisotopic (exact) mass is 350 g/mol. The number of rotatable bonds is 2. The Morgan fingerprint density at radius 1 is 1.14 bits per heavy atom. The minimum Gasteiger partial charge on any atom is -0.298 e. The third-order valence-corrected chi connectivity index (χ3v) is 4.99. The Labute approximate surface area is 141 Å². The van der Waals surface area contributed by atoms with Crippen molar-refractivity contribution in [3.8, 4) is 0 Å². The van der Waals surface area contributed by atoms with Crippen LogP contribution in [-0.2, 0) is 0 Å². The second kappa shape index (κ2) is 5.88. The van der Waals surface area contributed by atoms with Gasteiger partial charge in [-0.2, -0.15) is 0 Å². The standard InChI is InChI=1S/C16H12Cl2N2OS/c1-8-3-4-9(2)14-13(8)19-16(22-14)20-15(21)11-6-5-10(17)7-12(11)18/h3-7H,1-2H3,(H,19,20,21). The summed E-state index contributed by atoms with van der Waals surface area (Å²) in [6.45, 7) is 4.03. The topological polar surface area (TPSA) is 42.0 Å². The highest BCUT2D eigenvalue weighted by atomic mass is 35.5. The van der Waals surface area contributed by atoms with E-state index in [4.69, 9.17) is 23.2 Å². The van der Waals surface area contributed by atoms with Gasteiger partial charge in [0.05, 0.1) is 20.8 Å². The van der Waals surface area contributed by atoms with Crippen LogP contribution < -0.4 is 5.32 Å². The number of halogens is 2. The van der Waals surface area contributed by atoms with Crippen molar-refractivity contribution in [2.45, 2.75) is 13.8 Å². The molecule has 6 heteroatoms. The molecule has 1 amide bonds. The Hall–Kier alpha value is -1.62. The summed E-state index contributed by atoms with van der Waals surface area (Å²) in [5, 5.41) is 4.17. The van der Waals surface area contributed by atoms with E-state index in [0.717, 1.165) is 21.3 Å². The SMILES string of the molecule is Cc1ccc(C)c2sc(NC(=O)c3ccc(Cl)cc3Cl)nc12. The number of carbonyl (C=O) groups excluding carboxylic acids is 1. The van der Waals surface area contributed by atoms with Gasteiger partial charge in [0.1, 0.15) is 0 Å². The van der Waals surface area contributed by atoms with E-state index in [1.807, 2.05) is 19.9 Å². The number of hydrogen-bond donors (Lipinski definition) is 1. The molecule has 3 rings (SSSR count). The first-order valence-corrected chi connectivity index (χ1v) is 8.16. The molecule has 0 aliphatic carbocycles. The largest absolute Gasteiger partial charge is 0.298 e. The zero-order valence-electron chi connectivity index (χ0n) is 11.9. The fourth-order valence-electron chi connectivity index (χ4n) is 2.15. The maximum absolute atomic E-state index is 12.3. The zero-order valence-corrected chi connectivity index (χ0v) is 14.2. The molecule has 3 aromatic rings. The van der Waals surface area contributed by atoms with Gasteiger partial charge in [-0.05, 0) is 43.2 Å². The highest BCUT2D eigenvalue weighted by Gasteiger charge is 2.14. The molecule has 1 aromatic heterocycles. The number of anilines is 1. The van der Waals surface area contributed by atoms with Gasteiger partial charge in [-0.25, -0.2) is 4.98 Å². The maximum Gasteiger partial charge on any atom is 0.258 e. The van der Waals surface area contributed by atoms with Crippen LogP contribution >= 0.6 is 34.5 Å². The van der Waals surface area contributed by atoms with Gasteiger partial charge in [-0.15, -0.1) is 0 Å². The number of nitrogens with zero attached hydrogens (tertiary/aromatic N) is 1. The van der Waals surface area contributed by atoms with E-state index >= 15 is 0 Å².